The van der Waals surface area contributed by atoms with E-state index in [0.717, 1.165) is 57.9 Å². The fourth-order valence-corrected chi connectivity index (χ4v) is 3.22. The van der Waals surface area contributed by atoms with E-state index < -0.39 is 0 Å². The third-order valence-corrected chi connectivity index (χ3v) is 4.46. The largest absolute Gasteiger partial charge is 0.393 e. The minimum atomic E-state index is -0.159. The Balaban J connectivity index is 1.68. The lowest BCUT2D eigenvalue weighted by atomic mass is 9.85. The molecule has 4 N–H and O–H groups in total. The van der Waals surface area contributed by atoms with Crippen molar-refractivity contribution in [2.24, 2.45) is 17.6 Å². The van der Waals surface area contributed by atoms with Crippen LogP contribution in [0.25, 0.3) is 0 Å². The summed E-state index contributed by atoms with van der Waals surface area (Å²) in [6.45, 7) is 0.735. The van der Waals surface area contributed by atoms with E-state index in [1.165, 1.54) is 0 Å². The van der Waals surface area contributed by atoms with Gasteiger partial charge in [-0.15, -0.1) is 0 Å². The van der Waals surface area contributed by atoms with Crippen LogP contribution in [0.1, 0.15) is 51.4 Å². The number of nitrogens with two attached hydrogens (primary N) is 1. The summed E-state index contributed by atoms with van der Waals surface area (Å²) in [5.74, 6) is 0.823. The molecule has 4 heteroatoms. The molecular weight excluding hydrogens is 228 g/mol. The zero-order chi connectivity index (χ0) is 13.0. The predicted molar refractivity (Wildman–Crippen MR) is 70.9 cm³/mol. The number of hydrogen-bond acceptors (Lipinski definition) is 3. The first-order chi connectivity index (χ1) is 8.65. The first kappa shape index (κ1) is 13.8. The Bertz CT molecular complexity index is 275. The molecule has 2 fully saturated rings. The van der Waals surface area contributed by atoms with E-state index in [1.807, 2.05) is 0 Å². The molecule has 0 radical (unpaired) electrons. The SMILES string of the molecule is NC1CCC(C(=O)NCC2CCCC(O)C2)CC1. The highest BCUT2D eigenvalue weighted by molar-refractivity contribution is 5.78. The molecule has 0 aromatic heterocycles. The highest BCUT2D eigenvalue weighted by atomic mass is 16.3. The molecule has 0 aliphatic heterocycles. The van der Waals surface area contributed by atoms with Gasteiger partial charge < -0.3 is 16.2 Å². The van der Waals surface area contributed by atoms with Gasteiger partial charge in [-0.2, -0.15) is 0 Å². The van der Waals surface area contributed by atoms with Crippen LogP contribution >= 0.6 is 0 Å². The molecule has 0 aromatic carbocycles. The maximum Gasteiger partial charge on any atom is 0.223 e. The average molecular weight is 254 g/mol. The van der Waals surface area contributed by atoms with E-state index in [1.54, 1.807) is 0 Å². The van der Waals surface area contributed by atoms with E-state index in [0.29, 0.717) is 12.0 Å². The van der Waals surface area contributed by atoms with Crippen LogP contribution < -0.4 is 11.1 Å². The molecule has 0 heterocycles. The quantitative estimate of drug-likeness (QED) is 0.707. The molecule has 0 saturated heterocycles. The number of hydrogen-bond donors (Lipinski definition) is 3. The maximum atomic E-state index is 12.0. The summed E-state index contributed by atoms with van der Waals surface area (Å²) >= 11 is 0. The zero-order valence-corrected chi connectivity index (χ0v) is 11.1. The molecule has 4 nitrogen and oxygen atoms in total. The fourth-order valence-electron chi connectivity index (χ4n) is 3.22. The monoisotopic (exact) mass is 254 g/mol. The number of aliphatic hydroxyl groups is 1. The van der Waals surface area contributed by atoms with Gasteiger partial charge in [0.1, 0.15) is 0 Å². The topological polar surface area (TPSA) is 75.4 Å². The first-order valence-electron chi connectivity index (χ1n) is 7.36. The van der Waals surface area contributed by atoms with Crippen molar-refractivity contribution in [2.45, 2.75) is 63.5 Å². The van der Waals surface area contributed by atoms with Crippen LogP contribution in [0.3, 0.4) is 0 Å². The summed E-state index contributed by atoms with van der Waals surface area (Å²) < 4.78 is 0. The standard InChI is InChI=1S/C14H26N2O2/c15-12-6-4-11(5-7-12)14(18)16-9-10-2-1-3-13(17)8-10/h10-13,17H,1-9,15H2,(H,16,18). The van der Waals surface area contributed by atoms with Crippen molar-refractivity contribution in [1.82, 2.24) is 5.32 Å². The molecule has 18 heavy (non-hydrogen) atoms. The van der Waals surface area contributed by atoms with Crippen LogP contribution in [0.5, 0.6) is 0 Å². The van der Waals surface area contributed by atoms with Crippen LogP contribution in [0.15, 0.2) is 0 Å². The summed E-state index contributed by atoms with van der Waals surface area (Å²) in [5, 5.41) is 12.7. The summed E-state index contributed by atoms with van der Waals surface area (Å²) in [6, 6.07) is 0.294. The van der Waals surface area contributed by atoms with Crippen molar-refractivity contribution in [3.05, 3.63) is 0 Å². The molecule has 2 rings (SSSR count). The molecule has 0 aromatic rings. The summed E-state index contributed by atoms with van der Waals surface area (Å²) in [4.78, 5) is 12.0. The van der Waals surface area contributed by atoms with Gasteiger partial charge in [-0.3, -0.25) is 4.79 Å². The van der Waals surface area contributed by atoms with E-state index in [2.05, 4.69) is 5.32 Å². The van der Waals surface area contributed by atoms with E-state index >= 15 is 0 Å². The number of carbonyl (C=O) groups is 1. The van der Waals surface area contributed by atoms with Crippen LogP contribution in [0.4, 0.5) is 0 Å². The molecular formula is C14H26N2O2. The first-order valence-corrected chi connectivity index (χ1v) is 7.36. The van der Waals surface area contributed by atoms with Crippen molar-refractivity contribution in [3.8, 4) is 0 Å². The third kappa shape index (κ3) is 3.95. The maximum absolute atomic E-state index is 12.0. The molecule has 2 atom stereocenters. The van der Waals surface area contributed by atoms with Gasteiger partial charge in [0.25, 0.3) is 0 Å². The Labute approximate surface area is 109 Å². The Morgan fingerprint density at radius 1 is 1.17 bits per heavy atom. The van der Waals surface area contributed by atoms with E-state index in [-0.39, 0.29) is 17.9 Å². The predicted octanol–water partition coefficient (Wildman–Crippen LogP) is 1.17. The van der Waals surface area contributed by atoms with Crippen LogP contribution in [0, 0.1) is 11.8 Å². The molecule has 0 bridgehead atoms. The van der Waals surface area contributed by atoms with Gasteiger partial charge in [0, 0.05) is 18.5 Å². The van der Waals surface area contributed by atoms with E-state index in [4.69, 9.17) is 5.73 Å². The molecule has 104 valence electrons. The lowest BCUT2D eigenvalue weighted by Crippen LogP contribution is -2.39. The summed E-state index contributed by atoms with van der Waals surface area (Å²) in [6.07, 6.45) is 7.63. The molecule has 2 unspecified atom stereocenters. The smallest absolute Gasteiger partial charge is 0.223 e. The lowest BCUT2D eigenvalue weighted by molar-refractivity contribution is -0.126. The Morgan fingerprint density at radius 2 is 1.89 bits per heavy atom. The molecule has 2 aliphatic carbocycles. The normalized spacial score (nSPS) is 37.2. The molecule has 1 amide bonds. The fraction of sp³-hybridized carbons (Fsp3) is 0.929. The number of aliphatic hydroxyl groups excluding tert-OH is 1. The van der Waals surface area contributed by atoms with Crippen molar-refractivity contribution in [1.29, 1.82) is 0 Å². The van der Waals surface area contributed by atoms with Crippen LogP contribution in [0.2, 0.25) is 0 Å². The Morgan fingerprint density at radius 3 is 2.56 bits per heavy atom. The number of rotatable bonds is 3. The zero-order valence-electron chi connectivity index (χ0n) is 11.1. The van der Waals surface area contributed by atoms with Crippen molar-refractivity contribution < 1.29 is 9.90 Å². The summed E-state index contributed by atoms with van der Waals surface area (Å²) in [5.41, 5.74) is 5.84. The number of carbonyl (C=O) groups excluding carboxylic acids is 1. The van der Waals surface area contributed by atoms with Gasteiger partial charge in [-0.1, -0.05) is 6.42 Å². The van der Waals surface area contributed by atoms with Gasteiger partial charge in [0.15, 0.2) is 0 Å². The van der Waals surface area contributed by atoms with Gasteiger partial charge in [0.2, 0.25) is 5.91 Å². The Hall–Kier alpha value is -0.610. The van der Waals surface area contributed by atoms with Gasteiger partial charge in [-0.25, -0.2) is 0 Å². The number of nitrogens with one attached hydrogen (secondary N) is 1. The van der Waals surface area contributed by atoms with Crippen LogP contribution in [-0.2, 0) is 4.79 Å². The average Bonchev–Trinajstić information content (AvgIpc) is 2.37. The molecule has 2 aliphatic rings. The molecule has 2 saturated carbocycles. The minimum Gasteiger partial charge on any atom is -0.393 e. The second-order valence-corrected chi connectivity index (χ2v) is 6.04. The van der Waals surface area contributed by atoms with Gasteiger partial charge in [-0.05, 0) is 50.9 Å². The van der Waals surface area contributed by atoms with Gasteiger partial charge >= 0.3 is 0 Å². The second-order valence-electron chi connectivity index (χ2n) is 6.04. The van der Waals surface area contributed by atoms with Crippen molar-refractivity contribution >= 4 is 5.91 Å². The highest BCUT2D eigenvalue weighted by Gasteiger charge is 2.26. The highest BCUT2D eigenvalue weighted by Crippen LogP contribution is 2.25. The van der Waals surface area contributed by atoms with Crippen molar-refractivity contribution in [3.63, 3.8) is 0 Å². The third-order valence-electron chi connectivity index (χ3n) is 4.46. The van der Waals surface area contributed by atoms with Gasteiger partial charge in [0.05, 0.1) is 6.10 Å². The van der Waals surface area contributed by atoms with Crippen LogP contribution in [-0.4, -0.2) is 29.7 Å². The van der Waals surface area contributed by atoms with E-state index in [9.17, 15) is 9.90 Å². The Kier molecular flexibility index (Phi) is 5.01. The number of amides is 1. The summed E-state index contributed by atoms with van der Waals surface area (Å²) in [7, 11) is 0. The lowest BCUT2D eigenvalue weighted by Gasteiger charge is -2.28. The molecule has 0 spiro atoms. The minimum absolute atomic E-state index is 0.159. The van der Waals surface area contributed by atoms with Crippen molar-refractivity contribution in [2.75, 3.05) is 6.54 Å². The second kappa shape index (κ2) is 6.53.